The van der Waals surface area contributed by atoms with Crippen LogP contribution in [0.2, 0.25) is 0 Å². The predicted octanol–water partition coefficient (Wildman–Crippen LogP) is 1.64. The van der Waals surface area contributed by atoms with E-state index in [9.17, 15) is 0 Å². The summed E-state index contributed by atoms with van der Waals surface area (Å²) in [7, 11) is 0. The summed E-state index contributed by atoms with van der Waals surface area (Å²) < 4.78 is 5.26. The van der Waals surface area contributed by atoms with Gasteiger partial charge in [0.2, 0.25) is 11.7 Å². The third kappa shape index (κ3) is 2.45. The van der Waals surface area contributed by atoms with Crippen molar-refractivity contribution in [2.75, 3.05) is 13.1 Å². The average molecular weight is 264 g/mol. The maximum Gasteiger partial charge on any atom is 0.240 e. The van der Waals surface area contributed by atoms with E-state index in [2.05, 4.69) is 27.7 Å². The van der Waals surface area contributed by atoms with Crippen molar-refractivity contribution in [1.29, 1.82) is 0 Å². The minimum absolute atomic E-state index is 0.136. The molecule has 96 valence electrons. The molecule has 1 aliphatic heterocycles. The first kappa shape index (κ1) is 11.8. The van der Waals surface area contributed by atoms with Gasteiger partial charge in [0.1, 0.15) is 0 Å². The lowest BCUT2D eigenvalue weighted by Crippen LogP contribution is -2.43. The van der Waals surface area contributed by atoms with Crippen LogP contribution in [-0.2, 0) is 6.54 Å². The molecule has 3 rings (SSSR count). The van der Waals surface area contributed by atoms with Gasteiger partial charge in [0, 0.05) is 12.1 Å². The van der Waals surface area contributed by atoms with Crippen LogP contribution in [0.4, 0.5) is 0 Å². The van der Waals surface area contributed by atoms with Crippen LogP contribution in [0.1, 0.15) is 19.2 Å². The largest absolute Gasteiger partial charge is 0.338 e. The molecule has 0 aliphatic carbocycles. The fraction of sp³-hybridized carbons (Fsp3) is 0.500. The molecule has 2 aromatic heterocycles. The third-order valence-corrected chi connectivity index (χ3v) is 4.11. The van der Waals surface area contributed by atoms with E-state index in [1.807, 2.05) is 17.5 Å². The first-order valence-corrected chi connectivity index (χ1v) is 6.95. The highest BCUT2D eigenvalue weighted by molar-refractivity contribution is 7.13. The molecule has 0 amide bonds. The Morgan fingerprint density at radius 2 is 2.56 bits per heavy atom. The van der Waals surface area contributed by atoms with Crippen molar-refractivity contribution in [3.05, 3.63) is 23.4 Å². The molecule has 0 saturated carbocycles. The summed E-state index contributed by atoms with van der Waals surface area (Å²) in [5.41, 5.74) is 0.136. The van der Waals surface area contributed by atoms with Crippen LogP contribution in [-0.4, -0.2) is 28.8 Å². The number of thiophene rings is 1. The number of nitrogens with one attached hydrogen (secondary N) is 2. The van der Waals surface area contributed by atoms with Crippen molar-refractivity contribution in [2.45, 2.75) is 25.4 Å². The van der Waals surface area contributed by atoms with Gasteiger partial charge in [-0.15, -0.1) is 11.3 Å². The molecule has 1 unspecified atom stereocenters. The van der Waals surface area contributed by atoms with Crippen molar-refractivity contribution in [1.82, 2.24) is 20.8 Å². The quantitative estimate of drug-likeness (QED) is 0.879. The zero-order chi connectivity index (χ0) is 12.4. The summed E-state index contributed by atoms with van der Waals surface area (Å²) in [5, 5.41) is 12.8. The van der Waals surface area contributed by atoms with Gasteiger partial charge in [-0.2, -0.15) is 4.98 Å². The Labute approximate surface area is 110 Å². The monoisotopic (exact) mass is 264 g/mol. The van der Waals surface area contributed by atoms with Gasteiger partial charge in [0.05, 0.1) is 11.4 Å². The first-order chi connectivity index (χ1) is 8.75. The van der Waals surface area contributed by atoms with E-state index in [1.165, 1.54) is 0 Å². The summed E-state index contributed by atoms with van der Waals surface area (Å²) in [6.45, 7) is 4.88. The molecule has 2 aromatic rings. The van der Waals surface area contributed by atoms with Crippen LogP contribution >= 0.6 is 11.3 Å². The number of hydrogen-bond donors (Lipinski definition) is 2. The van der Waals surface area contributed by atoms with Crippen molar-refractivity contribution < 1.29 is 4.52 Å². The Morgan fingerprint density at radius 3 is 3.28 bits per heavy atom. The molecule has 2 N–H and O–H groups in total. The number of nitrogens with zero attached hydrogens (tertiary/aromatic N) is 2. The highest BCUT2D eigenvalue weighted by Crippen LogP contribution is 2.21. The van der Waals surface area contributed by atoms with E-state index >= 15 is 0 Å². The molecule has 5 nitrogen and oxygen atoms in total. The lowest BCUT2D eigenvalue weighted by atomic mass is 10.0. The van der Waals surface area contributed by atoms with Gasteiger partial charge in [0.15, 0.2) is 0 Å². The van der Waals surface area contributed by atoms with Crippen molar-refractivity contribution >= 4 is 11.3 Å². The molecule has 1 aliphatic rings. The molecular weight excluding hydrogens is 248 g/mol. The molecule has 0 aromatic carbocycles. The normalized spacial score (nSPS) is 23.6. The molecule has 1 saturated heterocycles. The lowest BCUT2D eigenvalue weighted by Gasteiger charge is -2.23. The van der Waals surface area contributed by atoms with E-state index in [4.69, 9.17) is 4.52 Å². The predicted molar refractivity (Wildman–Crippen MR) is 70.3 cm³/mol. The Balaban J connectivity index is 1.64. The zero-order valence-corrected chi connectivity index (χ0v) is 11.1. The summed E-state index contributed by atoms with van der Waals surface area (Å²) >= 11 is 1.62. The van der Waals surface area contributed by atoms with Gasteiger partial charge >= 0.3 is 0 Å². The number of rotatable bonds is 4. The second-order valence-electron chi connectivity index (χ2n) is 4.83. The molecule has 6 heteroatoms. The second-order valence-corrected chi connectivity index (χ2v) is 5.78. The fourth-order valence-corrected chi connectivity index (χ4v) is 2.74. The number of aromatic nitrogens is 2. The van der Waals surface area contributed by atoms with E-state index in [1.54, 1.807) is 11.3 Å². The molecule has 3 heterocycles. The molecule has 0 bridgehead atoms. The van der Waals surface area contributed by atoms with Gasteiger partial charge in [0.25, 0.3) is 0 Å². The lowest BCUT2D eigenvalue weighted by molar-refractivity contribution is 0.323. The molecule has 1 fully saturated rings. The van der Waals surface area contributed by atoms with E-state index in [-0.39, 0.29) is 5.54 Å². The molecule has 0 radical (unpaired) electrons. The SMILES string of the molecule is CC1(NCc2nc(-c3cccs3)no2)CCNC1. The Morgan fingerprint density at radius 1 is 1.61 bits per heavy atom. The Hall–Kier alpha value is -1.24. The number of hydrogen-bond acceptors (Lipinski definition) is 6. The summed E-state index contributed by atoms with van der Waals surface area (Å²) in [6, 6.07) is 3.98. The summed E-state index contributed by atoms with van der Waals surface area (Å²) in [5.74, 6) is 1.32. The average Bonchev–Trinajstić information content (AvgIpc) is 3.08. The van der Waals surface area contributed by atoms with Crippen molar-refractivity contribution in [2.24, 2.45) is 0 Å². The maximum absolute atomic E-state index is 5.26. The van der Waals surface area contributed by atoms with Crippen LogP contribution in [0.5, 0.6) is 0 Å². The topological polar surface area (TPSA) is 63.0 Å². The maximum atomic E-state index is 5.26. The van der Waals surface area contributed by atoms with E-state index < -0.39 is 0 Å². The van der Waals surface area contributed by atoms with E-state index in [0.717, 1.165) is 24.4 Å². The highest BCUT2D eigenvalue weighted by Gasteiger charge is 2.28. The van der Waals surface area contributed by atoms with Crippen LogP contribution in [0.15, 0.2) is 22.0 Å². The smallest absolute Gasteiger partial charge is 0.240 e. The van der Waals surface area contributed by atoms with Crippen LogP contribution in [0.3, 0.4) is 0 Å². The van der Waals surface area contributed by atoms with E-state index in [0.29, 0.717) is 18.3 Å². The van der Waals surface area contributed by atoms with Gasteiger partial charge in [-0.25, -0.2) is 0 Å². The van der Waals surface area contributed by atoms with Gasteiger partial charge < -0.3 is 15.2 Å². The molecule has 18 heavy (non-hydrogen) atoms. The molecule has 1 atom stereocenters. The molecular formula is C12H16N4OS. The van der Waals surface area contributed by atoms with Gasteiger partial charge in [-0.05, 0) is 31.3 Å². The fourth-order valence-electron chi connectivity index (χ4n) is 2.09. The van der Waals surface area contributed by atoms with Gasteiger partial charge in [-0.1, -0.05) is 11.2 Å². The molecule has 0 spiro atoms. The highest BCUT2D eigenvalue weighted by atomic mass is 32.1. The summed E-state index contributed by atoms with van der Waals surface area (Å²) in [6.07, 6.45) is 1.12. The van der Waals surface area contributed by atoms with Crippen LogP contribution in [0, 0.1) is 0 Å². The van der Waals surface area contributed by atoms with Crippen molar-refractivity contribution in [3.8, 4) is 10.7 Å². The van der Waals surface area contributed by atoms with Crippen molar-refractivity contribution in [3.63, 3.8) is 0 Å². The Kier molecular flexibility index (Phi) is 3.15. The first-order valence-electron chi connectivity index (χ1n) is 6.07. The standard InChI is InChI=1S/C12H16N4OS/c1-12(4-5-13-8-12)14-7-10-15-11(16-17-10)9-3-2-6-18-9/h2-3,6,13-14H,4-5,7-8H2,1H3. The minimum Gasteiger partial charge on any atom is -0.338 e. The van der Waals surface area contributed by atoms with Gasteiger partial charge in [-0.3, -0.25) is 0 Å². The Bertz CT molecular complexity index is 502. The third-order valence-electron chi connectivity index (χ3n) is 3.24. The van der Waals surface area contributed by atoms with Crippen LogP contribution < -0.4 is 10.6 Å². The van der Waals surface area contributed by atoms with Crippen LogP contribution in [0.25, 0.3) is 10.7 Å². The second kappa shape index (κ2) is 4.79. The minimum atomic E-state index is 0.136. The summed E-state index contributed by atoms with van der Waals surface area (Å²) in [4.78, 5) is 5.44. The zero-order valence-electron chi connectivity index (χ0n) is 10.3.